The summed E-state index contributed by atoms with van der Waals surface area (Å²) in [6.45, 7) is 8.38. The highest BCUT2D eigenvalue weighted by Gasteiger charge is 2.18. The minimum atomic E-state index is -0.0342. The van der Waals surface area contributed by atoms with Crippen molar-refractivity contribution in [3.63, 3.8) is 0 Å². The van der Waals surface area contributed by atoms with Crippen molar-refractivity contribution in [2.45, 2.75) is 65.2 Å². The summed E-state index contributed by atoms with van der Waals surface area (Å²) in [5.41, 5.74) is 0.986. The summed E-state index contributed by atoms with van der Waals surface area (Å²) in [5.74, 6) is 1.31. The number of rotatable bonds is 7. The Balaban J connectivity index is 1.75. The van der Waals surface area contributed by atoms with Gasteiger partial charge in [0.15, 0.2) is 11.0 Å². The van der Waals surface area contributed by atoms with Crippen LogP contribution in [0.5, 0.6) is 0 Å². The average Bonchev–Trinajstić information content (AvgIpc) is 3.08. The average molecular weight is 336 g/mol. The molecule has 126 valence electrons. The molecule has 7 heteroatoms. The molecule has 6 nitrogen and oxygen atoms in total. The summed E-state index contributed by atoms with van der Waals surface area (Å²) in [5, 5.41) is 9.40. The third kappa shape index (κ3) is 5.42. The molecule has 0 saturated heterocycles. The lowest BCUT2D eigenvalue weighted by molar-refractivity contribution is -0.116. The van der Waals surface area contributed by atoms with Crippen LogP contribution in [0.1, 0.15) is 64.4 Å². The molecular weight excluding hydrogens is 312 g/mol. The van der Waals surface area contributed by atoms with E-state index in [4.69, 9.17) is 4.52 Å². The van der Waals surface area contributed by atoms with E-state index < -0.39 is 0 Å². The van der Waals surface area contributed by atoms with Crippen LogP contribution in [0.15, 0.2) is 9.90 Å². The molecule has 2 aromatic rings. The predicted octanol–water partition coefficient (Wildman–Crippen LogP) is 3.74. The number of hydrogen-bond acceptors (Lipinski definition) is 6. The second-order valence-corrected chi connectivity index (χ2v) is 7.40. The number of carbonyl (C=O) groups excluding carboxylic acids is 1. The zero-order chi connectivity index (χ0) is 16.9. The summed E-state index contributed by atoms with van der Waals surface area (Å²) in [4.78, 5) is 20.7. The Bertz CT molecular complexity index is 643. The monoisotopic (exact) mass is 336 g/mol. The Morgan fingerprint density at radius 2 is 2.09 bits per heavy atom. The number of hydrogen-bond donors (Lipinski definition) is 1. The first-order valence-corrected chi connectivity index (χ1v) is 8.83. The number of anilines is 1. The van der Waals surface area contributed by atoms with E-state index in [1.807, 2.05) is 5.38 Å². The van der Waals surface area contributed by atoms with Gasteiger partial charge in [-0.25, -0.2) is 4.98 Å². The lowest BCUT2D eigenvalue weighted by atomic mass is 9.93. The maximum absolute atomic E-state index is 12.0. The molecule has 0 atom stereocenters. The summed E-state index contributed by atoms with van der Waals surface area (Å²) >= 11 is 1.46. The molecule has 0 fully saturated rings. The van der Waals surface area contributed by atoms with Crippen LogP contribution >= 0.6 is 11.3 Å². The van der Waals surface area contributed by atoms with Crippen LogP contribution in [0.3, 0.4) is 0 Å². The molecule has 2 aromatic heterocycles. The van der Waals surface area contributed by atoms with Gasteiger partial charge in [-0.15, -0.1) is 11.3 Å². The first kappa shape index (κ1) is 17.6. The smallest absolute Gasteiger partial charge is 0.226 e. The van der Waals surface area contributed by atoms with Crippen molar-refractivity contribution in [1.29, 1.82) is 0 Å². The van der Waals surface area contributed by atoms with E-state index in [9.17, 15) is 4.79 Å². The van der Waals surface area contributed by atoms with Gasteiger partial charge in [0.05, 0.1) is 5.69 Å². The van der Waals surface area contributed by atoms with Crippen LogP contribution in [-0.2, 0) is 23.1 Å². The largest absolute Gasteiger partial charge is 0.339 e. The van der Waals surface area contributed by atoms with E-state index in [0.717, 1.165) is 24.4 Å². The molecule has 2 heterocycles. The van der Waals surface area contributed by atoms with Crippen molar-refractivity contribution >= 4 is 22.4 Å². The van der Waals surface area contributed by atoms with Crippen molar-refractivity contribution in [1.82, 2.24) is 15.1 Å². The number of aryl methyl sites for hydroxylation is 2. The molecule has 0 aliphatic carbocycles. The summed E-state index contributed by atoms with van der Waals surface area (Å²) < 4.78 is 5.15. The molecular formula is C16H24N4O2S. The minimum absolute atomic E-state index is 0.00632. The molecule has 23 heavy (non-hydrogen) atoms. The van der Waals surface area contributed by atoms with E-state index in [1.165, 1.54) is 11.3 Å². The third-order valence-electron chi connectivity index (χ3n) is 3.30. The second-order valence-electron chi connectivity index (χ2n) is 6.54. The molecule has 1 N–H and O–H groups in total. The van der Waals surface area contributed by atoms with Crippen LogP contribution < -0.4 is 5.32 Å². The third-order valence-corrected chi connectivity index (χ3v) is 4.05. The first-order chi connectivity index (χ1) is 10.9. The van der Waals surface area contributed by atoms with Gasteiger partial charge in [0.25, 0.3) is 0 Å². The maximum Gasteiger partial charge on any atom is 0.226 e. The molecule has 0 aromatic carbocycles. The topological polar surface area (TPSA) is 80.9 Å². The highest BCUT2D eigenvalue weighted by atomic mass is 32.1. The van der Waals surface area contributed by atoms with E-state index in [1.54, 1.807) is 0 Å². The van der Waals surface area contributed by atoms with Crippen molar-refractivity contribution < 1.29 is 9.32 Å². The molecule has 0 radical (unpaired) electrons. The molecule has 2 rings (SSSR count). The fraction of sp³-hybridized carbons (Fsp3) is 0.625. The SMILES string of the molecule is CCCc1noc(CCCC(=O)Nc2nc(C(C)(C)C)cs2)n1. The van der Waals surface area contributed by atoms with Crippen LogP contribution in [-0.4, -0.2) is 21.0 Å². The Morgan fingerprint density at radius 1 is 1.30 bits per heavy atom. The standard InChI is InChI=1S/C16H24N4O2S/c1-5-7-12-18-14(22-20-12)9-6-8-13(21)19-15-17-11(10-23-15)16(2,3)4/h10H,5-9H2,1-4H3,(H,17,19,21). The normalized spacial score (nSPS) is 11.7. The summed E-state index contributed by atoms with van der Waals surface area (Å²) in [6.07, 6.45) is 3.53. The van der Waals surface area contributed by atoms with Gasteiger partial charge in [0.1, 0.15) is 0 Å². The summed E-state index contributed by atoms with van der Waals surface area (Å²) in [6, 6.07) is 0. The van der Waals surface area contributed by atoms with Gasteiger partial charge in [-0.3, -0.25) is 4.79 Å². The minimum Gasteiger partial charge on any atom is -0.339 e. The lowest BCUT2D eigenvalue weighted by Gasteiger charge is -2.14. The van der Waals surface area contributed by atoms with Crippen LogP contribution in [0.2, 0.25) is 0 Å². The second kappa shape index (κ2) is 7.68. The van der Waals surface area contributed by atoms with Gasteiger partial charge in [0.2, 0.25) is 11.8 Å². The highest BCUT2D eigenvalue weighted by Crippen LogP contribution is 2.26. The lowest BCUT2D eigenvalue weighted by Crippen LogP contribution is -2.14. The molecule has 0 aliphatic heterocycles. The maximum atomic E-state index is 12.0. The fourth-order valence-electron chi connectivity index (χ4n) is 1.97. The van der Waals surface area contributed by atoms with Gasteiger partial charge < -0.3 is 9.84 Å². The van der Waals surface area contributed by atoms with Gasteiger partial charge in [-0.2, -0.15) is 4.98 Å². The van der Waals surface area contributed by atoms with Gasteiger partial charge in [-0.05, 0) is 12.8 Å². The molecule has 0 saturated carbocycles. The van der Waals surface area contributed by atoms with E-state index >= 15 is 0 Å². The number of aromatic nitrogens is 3. The first-order valence-electron chi connectivity index (χ1n) is 7.96. The van der Waals surface area contributed by atoms with Gasteiger partial charge in [-0.1, -0.05) is 32.9 Å². The van der Waals surface area contributed by atoms with Crippen LogP contribution in [0.25, 0.3) is 0 Å². The van der Waals surface area contributed by atoms with Crippen molar-refractivity contribution in [3.05, 3.63) is 22.8 Å². The quantitative estimate of drug-likeness (QED) is 0.833. The Morgan fingerprint density at radius 3 is 2.74 bits per heavy atom. The number of nitrogens with one attached hydrogen (secondary N) is 1. The number of amides is 1. The number of nitrogens with zero attached hydrogens (tertiary/aromatic N) is 3. The molecule has 0 bridgehead atoms. The van der Waals surface area contributed by atoms with Gasteiger partial charge in [0, 0.05) is 30.1 Å². The number of carbonyl (C=O) groups is 1. The fourth-order valence-corrected chi connectivity index (χ4v) is 2.93. The highest BCUT2D eigenvalue weighted by molar-refractivity contribution is 7.13. The van der Waals surface area contributed by atoms with Crippen LogP contribution in [0.4, 0.5) is 5.13 Å². The molecule has 0 aliphatic rings. The number of thiazole rings is 1. The molecule has 0 spiro atoms. The van der Waals surface area contributed by atoms with Crippen molar-refractivity contribution in [2.75, 3.05) is 5.32 Å². The molecule has 1 amide bonds. The summed E-state index contributed by atoms with van der Waals surface area (Å²) in [7, 11) is 0. The zero-order valence-electron chi connectivity index (χ0n) is 14.2. The Kier molecular flexibility index (Phi) is 5.87. The van der Waals surface area contributed by atoms with Crippen LogP contribution in [0, 0.1) is 0 Å². The Hall–Kier alpha value is -1.76. The van der Waals surface area contributed by atoms with E-state index in [-0.39, 0.29) is 11.3 Å². The van der Waals surface area contributed by atoms with Gasteiger partial charge >= 0.3 is 0 Å². The molecule has 0 unspecified atom stereocenters. The van der Waals surface area contributed by atoms with Crippen molar-refractivity contribution in [3.8, 4) is 0 Å². The van der Waals surface area contributed by atoms with E-state index in [2.05, 4.69) is 48.1 Å². The van der Waals surface area contributed by atoms with Crippen molar-refractivity contribution in [2.24, 2.45) is 0 Å². The zero-order valence-corrected chi connectivity index (χ0v) is 15.0. The predicted molar refractivity (Wildman–Crippen MR) is 90.7 cm³/mol. The van der Waals surface area contributed by atoms with E-state index in [0.29, 0.717) is 30.3 Å². The Labute approximate surface area is 140 Å².